The third kappa shape index (κ3) is 5.80. The number of hydrogen-bond acceptors (Lipinski definition) is 2. The fourth-order valence-corrected chi connectivity index (χ4v) is 3.69. The third-order valence-electron chi connectivity index (χ3n) is 5.36. The van der Waals surface area contributed by atoms with Gasteiger partial charge in [-0.3, -0.25) is 10.7 Å². The summed E-state index contributed by atoms with van der Waals surface area (Å²) in [6.07, 6.45) is -0.399. The first-order chi connectivity index (χ1) is 15.8. The van der Waals surface area contributed by atoms with Gasteiger partial charge in [-0.05, 0) is 54.3 Å². The lowest BCUT2D eigenvalue weighted by Crippen LogP contribution is -2.27. The molecular weight excluding hydrogens is 478 g/mol. The Bertz CT molecular complexity index is 1190. The summed E-state index contributed by atoms with van der Waals surface area (Å²) in [6, 6.07) is 2.76. The van der Waals surface area contributed by atoms with Crippen LogP contribution in [0, 0.1) is 6.92 Å². The average molecular weight is 499 g/mol. The molecule has 2 aromatic rings. The monoisotopic (exact) mass is 498 g/mol. The van der Waals surface area contributed by atoms with E-state index >= 15 is 4.39 Å². The van der Waals surface area contributed by atoms with E-state index in [0.29, 0.717) is 30.3 Å². The summed E-state index contributed by atoms with van der Waals surface area (Å²) in [6.45, 7) is 5.86. The maximum atomic E-state index is 15.0. The van der Waals surface area contributed by atoms with Gasteiger partial charge in [-0.15, -0.1) is 0 Å². The summed E-state index contributed by atoms with van der Waals surface area (Å²) in [7, 11) is 0. The zero-order valence-electron chi connectivity index (χ0n) is 18.1. The van der Waals surface area contributed by atoms with E-state index in [1.165, 1.54) is 12.1 Å². The van der Waals surface area contributed by atoms with Crippen molar-refractivity contribution in [2.75, 3.05) is 6.54 Å². The number of halogens is 7. The van der Waals surface area contributed by atoms with Crippen LogP contribution in [0.15, 0.2) is 66.2 Å². The number of alkyl halides is 5. The highest BCUT2D eigenvalue weighted by Crippen LogP contribution is 2.40. The average Bonchev–Trinajstić information content (AvgIpc) is 2.77. The van der Waals surface area contributed by atoms with Crippen molar-refractivity contribution in [1.82, 2.24) is 0 Å². The van der Waals surface area contributed by atoms with Crippen LogP contribution in [0.2, 0.25) is 5.02 Å². The SMILES string of the molecule is C=C(C1=NCCC=C1)c1ccc(/C(F)=C/C(c2ccc(C)c(Cl)c2)C(F)(F)F)cc1C(N)(F)F. The first-order valence-electron chi connectivity index (χ1n) is 10.2. The smallest absolute Gasteiger partial charge is 0.284 e. The Hall–Kier alpha value is -2.84. The standard InChI is InChI=1S/C25H21ClF6N2/c1-14-6-7-16(12-21(14)26)19(24(28,29)30)13-22(27)17-8-9-18(20(11-17)25(31,32)33)15(2)23-5-3-4-10-34-23/h3,5-9,11-13,19H,2,4,10,33H2,1H3/b22-13-. The quantitative estimate of drug-likeness (QED) is 0.321. The number of hydrogen-bond donors (Lipinski definition) is 1. The fraction of sp³-hybridized carbons (Fsp3) is 0.240. The fourth-order valence-electron chi connectivity index (χ4n) is 3.50. The van der Waals surface area contributed by atoms with Crippen molar-refractivity contribution in [2.24, 2.45) is 10.7 Å². The van der Waals surface area contributed by atoms with E-state index in [2.05, 4.69) is 11.6 Å². The van der Waals surface area contributed by atoms with Crippen LogP contribution in [0.5, 0.6) is 0 Å². The maximum Gasteiger partial charge on any atom is 0.399 e. The van der Waals surface area contributed by atoms with Crippen molar-refractivity contribution in [3.05, 3.63) is 94.0 Å². The molecule has 0 spiro atoms. The predicted molar refractivity (Wildman–Crippen MR) is 124 cm³/mol. The molecule has 34 heavy (non-hydrogen) atoms. The van der Waals surface area contributed by atoms with Crippen molar-refractivity contribution in [3.8, 4) is 0 Å². The summed E-state index contributed by atoms with van der Waals surface area (Å²) >= 11 is 5.94. The molecule has 1 aliphatic rings. The van der Waals surface area contributed by atoms with E-state index in [1.807, 2.05) is 0 Å². The molecule has 1 aliphatic heterocycles. The summed E-state index contributed by atoms with van der Waals surface area (Å²) in [5.74, 6) is -3.68. The van der Waals surface area contributed by atoms with Gasteiger partial charge in [0.05, 0.1) is 5.71 Å². The molecule has 0 saturated carbocycles. The number of aliphatic imine (C=N–C) groups is 1. The molecule has 0 aliphatic carbocycles. The second-order valence-corrected chi connectivity index (χ2v) is 8.27. The Balaban J connectivity index is 2.07. The van der Waals surface area contributed by atoms with E-state index < -0.39 is 35.1 Å². The second kappa shape index (κ2) is 9.80. The first-order valence-corrected chi connectivity index (χ1v) is 10.6. The summed E-state index contributed by atoms with van der Waals surface area (Å²) in [5, 5.41) is 0.0909. The van der Waals surface area contributed by atoms with Gasteiger partial charge in [0.15, 0.2) is 0 Å². The molecule has 3 rings (SSSR count). The summed E-state index contributed by atoms with van der Waals surface area (Å²) in [5.41, 5.74) is 4.47. The van der Waals surface area contributed by atoms with Gasteiger partial charge < -0.3 is 0 Å². The van der Waals surface area contributed by atoms with Gasteiger partial charge in [0.2, 0.25) is 0 Å². The molecular formula is C25H21ClF6N2. The highest BCUT2D eigenvalue weighted by molar-refractivity contribution is 6.31. The number of nitrogens with two attached hydrogens (primary N) is 1. The second-order valence-electron chi connectivity index (χ2n) is 7.86. The molecule has 0 fully saturated rings. The van der Waals surface area contributed by atoms with Crippen LogP contribution in [0.4, 0.5) is 26.3 Å². The molecule has 2 nitrogen and oxygen atoms in total. The van der Waals surface area contributed by atoms with Gasteiger partial charge in [-0.2, -0.15) is 22.0 Å². The zero-order chi connectivity index (χ0) is 25.3. The molecule has 180 valence electrons. The van der Waals surface area contributed by atoms with Gasteiger partial charge >= 0.3 is 12.2 Å². The van der Waals surface area contributed by atoms with Gasteiger partial charge in [-0.1, -0.05) is 48.5 Å². The van der Waals surface area contributed by atoms with Crippen molar-refractivity contribution in [3.63, 3.8) is 0 Å². The molecule has 0 aromatic heterocycles. The molecule has 0 amide bonds. The van der Waals surface area contributed by atoms with Crippen molar-refractivity contribution in [2.45, 2.75) is 31.5 Å². The highest BCUT2D eigenvalue weighted by atomic mass is 35.5. The molecule has 0 bridgehead atoms. The van der Waals surface area contributed by atoms with E-state index in [0.717, 1.165) is 24.3 Å². The van der Waals surface area contributed by atoms with Gasteiger partial charge in [0.25, 0.3) is 0 Å². The van der Waals surface area contributed by atoms with Crippen LogP contribution < -0.4 is 5.73 Å². The number of aryl methyl sites for hydroxylation is 1. The number of rotatable bonds is 6. The summed E-state index contributed by atoms with van der Waals surface area (Å²) < 4.78 is 84.7. The molecule has 1 atom stereocenters. The minimum Gasteiger partial charge on any atom is -0.284 e. The van der Waals surface area contributed by atoms with E-state index in [9.17, 15) is 22.0 Å². The van der Waals surface area contributed by atoms with Crippen molar-refractivity contribution in [1.29, 1.82) is 0 Å². The Kier molecular flexibility index (Phi) is 7.43. The predicted octanol–water partition coefficient (Wildman–Crippen LogP) is 7.73. The molecule has 2 N–H and O–H groups in total. The van der Waals surface area contributed by atoms with E-state index in [4.69, 9.17) is 17.3 Å². The molecule has 1 heterocycles. The van der Waals surface area contributed by atoms with Crippen LogP contribution in [0.3, 0.4) is 0 Å². The van der Waals surface area contributed by atoms with E-state index in [-0.39, 0.29) is 21.7 Å². The minimum atomic E-state index is -4.85. The Morgan fingerprint density at radius 1 is 1.15 bits per heavy atom. The topological polar surface area (TPSA) is 38.4 Å². The largest absolute Gasteiger partial charge is 0.399 e. The Morgan fingerprint density at radius 2 is 1.85 bits per heavy atom. The maximum absolute atomic E-state index is 15.0. The van der Waals surface area contributed by atoms with Gasteiger partial charge in [0.1, 0.15) is 11.7 Å². The lowest BCUT2D eigenvalue weighted by Gasteiger charge is -2.20. The van der Waals surface area contributed by atoms with Crippen LogP contribution in [0.1, 0.15) is 40.2 Å². The van der Waals surface area contributed by atoms with Crippen LogP contribution in [-0.4, -0.2) is 18.4 Å². The molecule has 0 radical (unpaired) electrons. The molecule has 0 saturated heterocycles. The molecule has 1 unspecified atom stereocenters. The summed E-state index contributed by atoms with van der Waals surface area (Å²) in [4.78, 5) is 4.22. The highest BCUT2D eigenvalue weighted by Gasteiger charge is 2.40. The Morgan fingerprint density at radius 3 is 2.41 bits per heavy atom. The van der Waals surface area contributed by atoms with Crippen LogP contribution in [0.25, 0.3) is 11.4 Å². The molecule has 2 aromatic carbocycles. The number of dihydropyridines is 1. The van der Waals surface area contributed by atoms with Crippen LogP contribution >= 0.6 is 11.6 Å². The van der Waals surface area contributed by atoms with Crippen molar-refractivity contribution >= 4 is 28.7 Å². The Labute approximate surface area is 198 Å². The van der Waals surface area contributed by atoms with Gasteiger partial charge in [0, 0.05) is 28.3 Å². The minimum absolute atomic E-state index is 0.0768. The molecule has 9 heteroatoms. The normalized spacial score (nSPS) is 15.8. The van der Waals surface area contributed by atoms with Crippen LogP contribution in [-0.2, 0) is 6.05 Å². The number of nitrogens with zero attached hydrogens (tertiary/aromatic N) is 1. The van der Waals surface area contributed by atoms with Crippen molar-refractivity contribution < 1.29 is 26.3 Å². The lowest BCUT2D eigenvalue weighted by atomic mass is 9.92. The number of allylic oxidation sites excluding steroid dienone is 3. The lowest BCUT2D eigenvalue weighted by molar-refractivity contribution is -0.139. The first kappa shape index (κ1) is 25.8. The van der Waals surface area contributed by atoms with E-state index in [1.54, 1.807) is 19.1 Å². The number of benzene rings is 2. The van der Waals surface area contributed by atoms with Gasteiger partial charge in [-0.25, -0.2) is 4.39 Å². The third-order valence-corrected chi connectivity index (χ3v) is 5.77. The zero-order valence-corrected chi connectivity index (χ0v) is 18.8.